The first kappa shape index (κ1) is 16.5. The third-order valence-electron chi connectivity index (χ3n) is 5.22. The smallest absolute Gasteiger partial charge is 0.225 e. The van der Waals surface area contributed by atoms with Gasteiger partial charge in [0.25, 0.3) is 0 Å². The summed E-state index contributed by atoms with van der Waals surface area (Å²) in [6.45, 7) is 5.29. The minimum Gasteiger partial charge on any atom is -0.342 e. The van der Waals surface area contributed by atoms with Gasteiger partial charge in [-0.25, -0.2) is 0 Å². The van der Waals surface area contributed by atoms with Crippen LogP contribution in [0.5, 0.6) is 0 Å². The van der Waals surface area contributed by atoms with E-state index < -0.39 is 0 Å². The number of carbonyl (C=O) groups excluding carboxylic acids is 2. The molecule has 1 amide bonds. The van der Waals surface area contributed by atoms with Crippen LogP contribution in [-0.2, 0) is 4.79 Å². The van der Waals surface area contributed by atoms with Crippen molar-refractivity contribution in [1.29, 1.82) is 0 Å². The number of Topliss-reactive ketones (excluding diaryl/α,β-unsaturated/α-hetero) is 1. The van der Waals surface area contributed by atoms with E-state index in [1.54, 1.807) is 24.3 Å². The molecule has 0 bridgehead atoms. The zero-order valence-electron chi connectivity index (χ0n) is 13.4. The molecule has 0 aromatic heterocycles. The summed E-state index contributed by atoms with van der Waals surface area (Å²) in [4.78, 5) is 27.0. The Morgan fingerprint density at radius 2 is 1.78 bits per heavy atom. The van der Waals surface area contributed by atoms with Crippen LogP contribution >= 0.6 is 11.6 Å². The van der Waals surface area contributed by atoms with Crippen molar-refractivity contribution >= 4 is 23.3 Å². The maximum Gasteiger partial charge on any atom is 0.225 e. The standard InChI is InChI=1S/C18H23ClN2O2/c1-12(15-10-20-11-15)18(23)21-8-6-14(7-9-21)17(22)13-2-4-16(19)5-3-13/h2-5,12,14-15,20H,6-11H2,1H3. The normalized spacial score (nSPS) is 20.9. The highest BCUT2D eigenvalue weighted by atomic mass is 35.5. The van der Waals surface area contributed by atoms with Gasteiger partial charge >= 0.3 is 0 Å². The van der Waals surface area contributed by atoms with Crippen LogP contribution in [0.1, 0.15) is 30.1 Å². The van der Waals surface area contributed by atoms with Crippen molar-refractivity contribution in [2.75, 3.05) is 26.2 Å². The molecule has 2 heterocycles. The molecule has 2 saturated heterocycles. The number of amides is 1. The number of carbonyl (C=O) groups is 2. The first-order valence-corrected chi connectivity index (χ1v) is 8.73. The lowest BCUT2D eigenvalue weighted by Gasteiger charge is -2.37. The molecule has 124 valence electrons. The van der Waals surface area contributed by atoms with Gasteiger partial charge in [0, 0.05) is 35.5 Å². The molecule has 2 fully saturated rings. The maximum absolute atomic E-state index is 12.5. The minimum absolute atomic E-state index is 0.0147. The summed E-state index contributed by atoms with van der Waals surface area (Å²) < 4.78 is 0. The van der Waals surface area contributed by atoms with Crippen molar-refractivity contribution in [3.63, 3.8) is 0 Å². The zero-order valence-corrected chi connectivity index (χ0v) is 14.2. The number of hydrogen-bond donors (Lipinski definition) is 1. The predicted octanol–water partition coefficient (Wildman–Crippen LogP) is 2.62. The van der Waals surface area contributed by atoms with Crippen molar-refractivity contribution in [2.45, 2.75) is 19.8 Å². The van der Waals surface area contributed by atoms with Crippen LogP contribution in [0.15, 0.2) is 24.3 Å². The van der Waals surface area contributed by atoms with Crippen LogP contribution < -0.4 is 5.32 Å². The van der Waals surface area contributed by atoms with Crippen molar-refractivity contribution < 1.29 is 9.59 Å². The first-order valence-electron chi connectivity index (χ1n) is 8.35. The Morgan fingerprint density at radius 3 is 2.30 bits per heavy atom. The molecule has 0 radical (unpaired) electrons. The number of likely N-dealkylation sites (tertiary alicyclic amines) is 1. The van der Waals surface area contributed by atoms with Crippen molar-refractivity contribution in [3.8, 4) is 0 Å². The van der Waals surface area contributed by atoms with Crippen molar-refractivity contribution in [3.05, 3.63) is 34.9 Å². The summed E-state index contributed by atoms with van der Waals surface area (Å²) in [7, 11) is 0. The molecule has 0 spiro atoms. The quantitative estimate of drug-likeness (QED) is 0.861. The number of rotatable bonds is 4. The molecule has 3 rings (SSSR count). The van der Waals surface area contributed by atoms with E-state index in [4.69, 9.17) is 11.6 Å². The van der Waals surface area contributed by atoms with E-state index in [0.29, 0.717) is 29.6 Å². The lowest BCUT2D eigenvalue weighted by molar-refractivity contribution is -0.138. The number of piperidine rings is 1. The van der Waals surface area contributed by atoms with Gasteiger partial charge in [-0.2, -0.15) is 0 Å². The van der Waals surface area contributed by atoms with Crippen LogP contribution in [0, 0.1) is 17.8 Å². The Morgan fingerprint density at radius 1 is 1.17 bits per heavy atom. The predicted molar refractivity (Wildman–Crippen MR) is 90.6 cm³/mol. The number of halogens is 1. The van der Waals surface area contributed by atoms with Gasteiger partial charge in [-0.15, -0.1) is 0 Å². The Bertz CT molecular complexity index is 575. The molecule has 23 heavy (non-hydrogen) atoms. The highest BCUT2D eigenvalue weighted by molar-refractivity contribution is 6.30. The number of benzene rings is 1. The molecule has 1 aromatic rings. The highest BCUT2D eigenvalue weighted by Crippen LogP contribution is 2.25. The fraction of sp³-hybridized carbons (Fsp3) is 0.556. The number of hydrogen-bond acceptors (Lipinski definition) is 3. The van der Waals surface area contributed by atoms with Crippen LogP contribution in [0.4, 0.5) is 0 Å². The Labute approximate surface area is 142 Å². The number of nitrogens with one attached hydrogen (secondary N) is 1. The third kappa shape index (κ3) is 3.59. The number of ketones is 1. The van der Waals surface area contributed by atoms with E-state index in [-0.39, 0.29) is 23.5 Å². The molecule has 1 unspecified atom stereocenters. The summed E-state index contributed by atoms with van der Waals surface area (Å²) in [5.41, 5.74) is 0.716. The summed E-state index contributed by atoms with van der Waals surface area (Å²) in [5.74, 6) is 0.982. The Balaban J connectivity index is 1.54. The summed E-state index contributed by atoms with van der Waals surface area (Å²) in [5, 5.41) is 3.86. The van der Waals surface area contributed by atoms with Crippen LogP contribution in [-0.4, -0.2) is 42.8 Å². The molecule has 1 N–H and O–H groups in total. The van der Waals surface area contributed by atoms with E-state index in [1.165, 1.54) is 0 Å². The molecule has 1 atom stereocenters. The molecule has 0 aliphatic carbocycles. The highest BCUT2D eigenvalue weighted by Gasteiger charge is 2.34. The lowest BCUT2D eigenvalue weighted by atomic mass is 9.85. The second-order valence-corrected chi connectivity index (χ2v) is 7.11. The fourth-order valence-electron chi connectivity index (χ4n) is 3.37. The molecule has 2 aliphatic heterocycles. The summed E-state index contributed by atoms with van der Waals surface area (Å²) in [6.07, 6.45) is 1.51. The Hall–Kier alpha value is -1.39. The monoisotopic (exact) mass is 334 g/mol. The van der Waals surface area contributed by atoms with Gasteiger partial charge in [-0.1, -0.05) is 18.5 Å². The summed E-state index contributed by atoms with van der Waals surface area (Å²) >= 11 is 5.87. The second-order valence-electron chi connectivity index (χ2n) is 6.68. The van der Waals surface area contributed by atoms with Gasteiger partial charge in [0.2, 0.25) is 5.91 Å². The molecule has 5 heteroatoms. The molecule has 0 saturated carbocycles. The average molecular weight is 335 g/mol. The minimum atomic E-state index is 0.0147. The zero-order chi connectivity index (χ0) is 16.4. The van der Waals surface area contributed by atoms with E-state index in [9.17, 15) is 9.59 Å². The molecular formula is C18H23ClN2O2. The lowest BCUT2D eigenvalue weighted by Crippen LogP contribution is -2.51. The average Bonchev–Trinajstić information content (AvgIpc) is 2.53. The number of nitrogens with zero attached hydrogens (tertiary/aromatic N) is 1. The SMILES string of the molecule is CC(C(=O)N1CCC(C(=O)c2ccc(Cl)cc2)CC1)C1CNC1. The fourth-order valence-corrected chi connectivity index (χ4v) is 3.49. The molecule has 4 nitrogen and oxygen atoms in total. The van der Waals surface area contributed by atoms with Crippen LogP contribution in [0.2, 0.25) is 5.02 Å². The van der Waals surface area contributed by atoms with Gasteiger partial charge < -0.3 is 10.2 Å². The topological polar surface area (TPSA) is 49.4 Å². The largest absolute Gasteiger partial charge is 0.342 e. The van der Waals surface area contributed by atoms with Gasteiger partial charge in [0.05, 0.1) is 0 Å². The van der Waals surface area contributed by atoms with E-state index in [0.717, 1.165) is 25.9 Å². The maximum atomic E-state index is 12.5. The molecule has 2 aliphatic rings. The van der Waals surface area contributed by atoms with Crippen LogP contribution in [0.3, 0.4) is 0 Å². The van der Waals surface area contributed by atoms with E-state index in [1.807, 2.05) is 11.8 Å². The van der Waals surface area contributed by atoms with E-state index >= 15 is 0 Å². The molecule has 1 aromatic carbocycles. The van der Waals surface area contributed by atoms with Gasteiger partial charge in [-0.3, -0.25) is 9.59 Å². The Kier molecular flexibility index (Phi) is 5.02. The van der Waals surface area contributed by atoms with Crippen LogP contribution in [0.25, 0.3) is 0 Å². The summed E-state index contributed by atoms with van der Waals surface area (Å²) in [6, 6.07) is 7.07. The second kappa shape index (κ2) is 7.02. The van der Waals surface area contributed by atoms with Crippen molar-refractivity contribution in [1.82, 2.24) is 10.2 Å². The third-order valence-corrected chi connectivity index (χ3v) is 5.47. The van der Waals surface area contributed by atoms with Gasteiger partial charge in [0.15, 0.2) is 5.78 Å². The van der Waals surface area contributed by atoms with Gasteiger partial charge in [0.1, 0.15) is 0 Å². The van der Waals surface area contributed by atoms with E-state index in [2.05, 4.69) is 5.32 Å². The van der Waals surface area contributed by atoms with Crippen molar-refractivity contribution in [2.24, 2.45) is 17.8 Å². The van der Waals surface area contributed by atoms with Gasteiger partial charge in [-0.05, 0) is 56.1 Å². The first-order chi connectivity index (χ1) is 11.1. The molecular weight excluding hydrogens is 312 g/mol.